The largest absolute Gasteiger partial charge is 0.488 e. The second-order valence-electron chi connectivity index (χ2n) is 3.93. The molecule has 2 nitrogen and oxygen atoms in total. The summed E-state index contributed by atoms with van der Waals surface area (Å²) in [5.41, 5.74) is 1.22. The first kappa shape index (κ1) is 14.3. The molecule has 0 atom stereocenters. The Morgan fingerprint density at radius 2 is 1.95 bits per heavy atom. The number of aliphatic hydroxyl groups excluding tert-OH is 1. The molecule has 0 heterocycles. The molecule has 2 aromatic carbocycles. The van der Waals surface area contributed by atoms with Gasteiger partial charge in [-0.1, -0.05) is 27.5 Å². The van der Waals surface area contributed by atoms with Gasteiger partial charge >= 0.3 is 0 Å². The van der Waals surface area contributed by atoms with E-state index in [4.69, 9.17) is 16.3 Å². The maximum Gasteiger partial charge on any atom is 0.125 e. The second-order valence-corrected chi connectivity index (χ2v) is 5.26. The molecule has 2 rings (SSSR count). The van der Waals surface area contributed by atoms with Gasteiger partial charge < -0.3 is 9.84 Å². The minimum Gasteiger partial charge on any atom is -0.488 e. The van der Waals surface area contributed by atoms with Crippen molar-refractivity contribution in [1.29, 1.82) is 0 Å². The van der Waals surface area contributed by atoms with Gasteiger partial charge in [-0.3, -0.25) is 0 Å². The smallest absolute Gasteiger partial charge is 0.125 e. The van der Waals surface area contributed by atoms with Gasteiger partial charge in [-0.25, -0.2) is 4.39 Å². The van der Waals surface area contributed by atoms with Gasteiger partial charge in [0.2, 0.25) is 0 Å². The third-order valence-corrected chi connectivity index (χ3v) is 3.45. The van der Waals surface area contributed by atoms with E-state index in [2.05, 4.69) is 15.9 Å². The van der Waals surface area contributed by atoms with Crippen molar-refractivity contribution >= 4 is 27.5 Å². The van der Waals surface area contributed by atoms with E-state index >= 15 is 0 Å². The molecule has 0 fully saturated rings. The molecule has 0 amide bonds. The highest BCUT2D eigenvalue weighted by Gasteiger charge is 2.07. The molecule has 0 aromatic heterocycles. The summed E-state index contributed by atoms with van der Waals surface area (Å²) in [7, 11) is 0. The van der Waals surface area contributed by atoms with E-state index in [1.165, 1.54) is 18.2 Å². The molecule has 19 heavy (non-hydrogen) atoms. The lowest BCUT2D eigenvalue weighted by molar-refractivity contribution is 0.259. The molecule has 0 aliphatic carbocycles. The van der Waals surface area contributed by atoms with Crippen LogP contribution in [0.1, 0.15) is 11.1 Å². The van der Waals surface area contributed by atoms with Crippen LogP contribution in [0, 0.1) is 5.82 Å². The molecule has 0 aliphatic heterocycles. The molecule has 0 saturated heterocycles. The first-order chi connectivity index (χ1) is 9.10. The Morgan fingerprint density at radius 3 is 2.68 bits per heavy atom. The van der Waals surface area contributed by atoms with Crippen molar-refractivity contribution in [3.63, 3.8) is 0 Å². The average molecular weight is 346 g/mol. The van der Waals surface area contributed by atoms with Crippen LogP contribution in [0.4, 0.5) is 4.39 Å². The zero-order valence-corrected chi connectivity index (χ0v) is 12.2. The molecule has 5 heteroatoms. The minimum atomic E-state index is -0.360. The monoisotopic (exact) mass is 344 g/mol. The summed E-state index contributed by atoms with van der Waals surface area (Å²) in [6.07, 6.45) is 0. The van der Waals surface area contributed by atoms with Crippen LogP contribution in [-0.2, 0) is 13.2 Å². The molecule has 0 radical (unpaired) electrons. The molecule has 0 saturated carbocycles. The van der Waals surface area contributed by atoms with E-state index in [9.17, 15) is 9.50 Å². The first-order valence-corrected chi connectivity index (χ1v) is 6.73. The quantitative estimate of drug-likeness (QED) is 0.894. The van der Waals surface area contributed by atoms with Crippen LogP contribution in [0.3, 0.4) is 0 Å². The summed E-state index contributed by atoms with van der Waals surface area (Å²) in [5.74, 6) is 0.187. The van der Waals surface area contributed by atoms with Crippen LogP contribution in [0.2, 0.25) is 5.02 Å². The molecule has 2 aromatic rings. The van der Waals surface area contributed by atoms with Crippen LogP contribution < -0.4 is 4.74 Å². The summed E-state index contributed by atoms with van der Waals surface area (Å²) in [4.78, 5) is 0. The third kappa shape index (κ3) is 3.69. The first-order valence-electron chi connectivity index (χ1n) is 5.56. The van der Waals surface area contributed by atoms with Crippen molar-refractivity contribution in [2.45, 2.75) is 13.2 Å². The fourth-order valence-corrected chi connectivity index (χ4v) is 2.20. The second kappa shape index (κ2) is 6.37. The Kier molecular flexibility index (Phi) is 4.80. The molecule has 1 N–H and O–H groups in total. The van der Waals surface area contributed by atoms with Crippen molar-refractivity contribution in [2.24, 2.45) is 0 Å². The van der Waals surface area contributed by atoms with E-state index in [0.717, 1.165) is 4.47 Å². The fraction of sp³-hybridized carbons (Fsp3) is 0.143. The molecule has 0 unspecified atom stereocenters. The van der Waals surface area contributed by atoms with Crippen molar-refractivity contribution in [3.05, 3.63) is 62.8 Å². The Balaban J connectivity index is 2.16. The molecular weight excluding hydrogens is 335 g/mol. The predicted molar refractivity (Wildman–Crippen MR) is 75.8 cm³/mol. The van der Waals surface area contributed by atoms with Crippen molar-refractivity contribution in [2.75, 3.05) is 0 Å². The summed E-state index contributed by atoms with van der Waals surface area (Å²) in [5, 5.41) is 9.70. The standard InChI is InChI=1S/C14H11BrClFO2/c15-11-1-4-14(9(5-11)7-18)19-8-10-6-12(17)2-3-13(10)16/h1-6,18H,7-8H2. The Hall–Kier alpha value is -1.10. The van der Waals surface area contributed by atoms with Crippen LogP contribution in [-0.4, -0.2) is 5.11 Å². The van der Waals surface area contributed by atoms with Crippen LogP contribution in [0.15, 0.2) is 40.9 Å². The van der Waals surface area contributed by atoms with E-state index in [1.807, 2.05) is 6.07 Å². The lowest BCUT2D eigenvalue weighted by atomic mass is 10.2. The molecule has 0 spiro atoms. The van der Waals surface area contributed by atoms with Gasteiger partial charge in [-0.15, -0.1) is 0 Å². The van der Waals surface area contributed by atoms with Gasteiger partial charge in [0.1, 0.15) is 18.2 Å². The van der Waals surface area contributed by atoms with Crippen LogP contribution in [0.25, 0.3) is 0 Å². The number of halogens is 3. The molecule has 0 aliphatic rings. The number of hydrogen-bond acceptors (Lipinski definition) is 2. The van der Waals surface area contributed by atoms with Gasteiger partial charge in [-0.2, -0.15) is 0 Å². The predicted octanol–water partition coefficient (Wildman–Crippen LogP) is 4.31. The molecule has 100 valence electrons. The lowest BCUT2D eigenvalue weighted by Gasteiger charge is -2.11. The minimum absolute atomic E-state index is 0.133. The third-order valence-electron chi connectivity index (χ3n) is 2.58. The molecule has 0 bridgehead atoms. The van der Waals surface area contributed by atoms with Crippen LogP contribution >= 0.6 is 27.5 Å². The zero-order chi connectivity index (χ0) is 13.8. The number of ether oxygens (including phenoxy) is 1. The number of rotatable bonds is 4. The lowest BCUT2D eigenvalue weighted by Crippen LogP contribution is -2.00. The van der Waals surface area contributed by atoms with E-state index < -0.39 is 0 Å². The van der Waals surface area contributed by atoms with Gasteiger partial charge in [0, 0.05) is 20.6 Å². The average Bonchev–Trinajstić information content (AvgIpc) is 2.40. The highest BCUT2D eigenvalue weighted by molar-refractivity contribution is 9.10. The van der Waals surface area contributed by atoms with Gasteiger partial charge in [0.25, 0.3) is 0 Å². The van der Waals surface area contributed by atoms with Crippen molar-refractivity contribution in [1.82, 2.24) is 0 Å². The van der Waals surface area contributed by atoms with Gasteiger partial charge in [0.15, 0.2) is 0 Å². The topological polar surface area (TPSA) is 29.5 Å². The Bertz CT molecular complexity index is 590. The summed E-state index contributed by atoms with van der Waals surface area (Å²) >= 11 is 9.27. The maximum atomic E-state index is 13.1. The maximum absolute atomic E-state index is 13.1. The van der Waals surface area contributed by atoms with Gasteiger partial charge in [0.05, 0.1) is 6.61 Å². The highest BCUT2D eigenvalue weighted by atomic mass is 79.9. The Labute approximate surface area is 123 Å². The van der Waals surface area contributed by atoms with Gasteiger partial charge in [-0.05, 0) is 36.4 Å². The summed E-state index contributed by atoms with van der Waals surface area (Å²) < 4.78 is 19.5. The summed E-state index contributed by atoms with van der Waals surface area (Å²) in [6, 6.07) is 9.43. The number of benzene rings is 2. The zero-order valence-electron chi connectivity index (χ0n) is 9.87. The fourth-order valence-electron chi connectivity index (χ4n) is 1.62. The van der Waals surface area contributed by atoms with E-state index in [-0.39, 0.29) is 19.0 Å². The molecular formula is C14H11BrClFO2. The normalized spacial score (nSPS) is 10.5. The Morgan fingerprint density at radius 1 is 1.16 bits per heavy atom. The number of hydrogen-bond donors (Lipinski definition) is 1. The van der Waals surface area contributed by atoms with Crippen molar-refractivity contribution < 1.29 is 14.2 Å². The van der Waals surface area contributed by atoms with Crippen LogP contribution in [0.5, 0.6) is 5.75 Å². The van der Waals surface area contributed by atoms with Crippen molar-refractivity contribution in [3.8, 4) is 5.75 Å². The SMILES string of the molecule is OCc1cc(Br)ccc1OCc1cc(F)ccc1Cl. The highest BCUT2D eigenvalue weighted by Crippen LogP contribution is 2.25. The number of aliphatic hydroxyl groups is 1. The van der Waals surface area contributed by atoms with E-state index in [0.29, 0.717) is 21.9 Å². The van der Waals surface area contributed by atoms with E-state index in [1.54, 1.807) is 12.1 Å². The summed E-state index contributed by atoms with van der Waals surface area (Å²) in [6.45, 7) is 0.0108.